The number of carbonyl (C=O) groups excluding carboxylic acids is 2. The van der Waals surface area contributed by atoms with Crippen LogP contribution in [0.3, 0.4) is 0 Å². The second-order valence-corrected chi connectivity index (χ2v) is 5.62. The molecule has 1 aromatic heterocycles. The Balaban J connectivity index is 1.90. The van der Waals surface area contributed by atoms with Crippen LogP contribution in [0.4, 0.5) is 0 Å². The van der Waals surface area contributed by atoms with Gasteiger partial charge in [-0.1, -0.05) is 17.7 Å². The third-order valence-corrected chi connectivity index (χ3v) is 3.65. The van der Waals surface area contributed by atoms with E-state index in [0.717, 1.165) is 5.56 Å². The normalized spacial score (nSPS) is 11.5. The van der Waals surface area contributed by atoms with Crippen LogP contribution >= 0.6 is 11.6 Å². The Morgan fingerprint density at radius 1 is 1.20 bits per heavy atom. The van der Waals surface area contributed by atoms with E-state index in [-0.39, 0.29) is 12.2 Å². The predicted octanol–water partition coefficient (Wildman–Crippen LogP) is 2.55. The summed E-state index contributed by atoms with van der Waals surface area (Å²) in [6, 6.07) is 6.74. The van der Waals surface area contributed by atoms with E-state index in [0.29, 0.717) is 16.5 Å². The van der Waals surface area contributed by atoms with E-state index in [1.807, 2.05) is 0 Å². The standard InChI is InChI=1S/C17H19ClN2O5/c1-10(25-17(22)13-7-12(18)9-19-13)16(21)20-8-11-4-5-14(23-2)15(6-11)24-3/h4-7,9-10,19H,8H2,1-3H3,(H,20,21)/t10-/m0/s1. The Bertz CT molecular complexity index is 759. The quantitative estimate of drug-likeness (QED) is 0.735. The minimum absolute atomic E-state index is 0.185. The molecule has 0 aliphatic carbocycles. The zero-order valence-electron chi connectivity index (χ0n) is 14.1. The van der Waals surface area contributed by atoms with E-state index in [1.54, 1.807) is 25.3 Å². The van der Waals surface area contributed by atoms with Crippen molar-refractivity contribution in [3.05, 3.63) is 46.7 Å². The monoisotopic (exact) mass is 366 g/mol. The van der Waals surface area contributed by atoms with Crippen LogP contribution in [-0.4, -0.2) is 37.2 Å². The van der Waals surface area contributed by atoms with E-state index in [4.69, 9.17) is 25.8 Å². The Morgan fingerprint density at radius 2 is 1.92 bits per heavy atom. The molecular formula is C17H19ClN2O5. The fourth-order valence-corrected chi connectivity index (χ4v) is 2.25. The first kappa shape index (κ1) is 18.7. The van der Waals surface area contributed by atoms with Crippen molar-refractivity contribution in [2.75, 3.05) is 14.2 Å². The lowest BCUT2D eigenvalue weighted by Gasteiger charge is -2.14. The number of H-pyrrole nitrogens is 1. The van der Waals surface area contributed by atoms with Crippen LogP contribution in [0.5, 0.6) is 11.5 Å². The fourth-order valence-electron chi connectivity index (χ4n) is 2.09. The molecule has 2 rings (SSSR count). The molecule has 8 heteroatoms. The Morgan fingerprint density at radius 3 is 2.52 bits per heavy atom. The smallest absolute Gasteiger partial charge is 0.355 e. The topological polar surface area (TPSA) is 89.6 Å². The largest absolute Gasteiger partial charge is 0.493 e. The molecule has 1 aromatic carbocycles. The first-order valence-corrected chi connectivity index (χ1v) is 7.86. The van der Waals surface area contributed by atoms with Gasteiger partial charge >= 0.3 is 5.97 Å². The van der Waals surface area contributed by atoms with Gasteiger partial charge in [0.2, 0.25) is 0 Å². The minimum atomic E-state index is -0.949. The van der Waals surface area contributed by atoms with E-state index >= 15 is 0 Å². The number of nitrogens with one attached hydrogen (secondary N) is 2. The highest BCUT2D eigenvalue weighted by molar-refractivity contribution is 6.30. The second-order valence-electron chi connectivity index (χ2n) is 5.19. The number of amides is 1. The molecule has 134 valence electrons. The van der Waals surface area contributed by atoms with Crippen molar-refractivity contribution >= 4 is 23.5 Å². The molecule has 0 aliphatic rings. The van der Waals surface area contributed by atoms with Gasteiger partial charge in [0.15, 0.2) is 17.6 Å². The van der Waals surface area contributed by atoms with Gasteiger partial charge in [0.05, 0.1) is 19.2 Å². The summed E-state index contributed by atoms with van der Waals surface area (Å²) in [5.74, 6) is 0.100. The molecule has 0 saturated heterocycles. The minimum Gasteiger partial charge on any atom is -0.493 e. The number of halogens is 1. The van der Waals surface area contributed by atoms with Gasteiger partial charge in [-0.2, -0.15) is 0 Å². The number of methoxy groups -OCH3 is 2. The average Bonchev–Trinajstić information content (AvgIpc) is 3.05. The maximum absolute atomic E-state index is 12.1. The first-order chi connectivity index (χ1) is 11.9. The predicted molar refractivity (Wildman–Crippen MR) is 92.1 cm³/mol. The molecule has 0 spiro atoms. The third kappa shape index (κ3) is 4.90. The lowest BCUT2D eigenvalue weighted by molar-refractivity contribution is -0.129. The number of benzene rings is 1. The summed E-state index contributed by atoms with van der Waals surface area (Å²) in [6.45, 7) is 1.75. The fraction of sp³-hybridized carbons (Fsp3) is 0.294. The Labute approximate surface area is 150 Å². The number of aromatic amines is 1. The molecule has 2 aromatic rings. The van der Waals surface area contributed by atoms with Crippen LogP contribution in [0.2, 0.25) is 5.02 Å². The number of carbonyl (C=O) groups is 2. The first-order valence-electron chi connectivity index (χ1n) is 7.48. The number of rotatable bonds is 7. The molecule has 0 bridgehead atoms. The number of hydrogen-bond acceptors (Lipinski definition) is 5. The van der Waals surface area contributed by atoms with Crippen molar-refractivity contribution < 1.29 is 23.8 Å². The van der Waals surface area contributed by atoms with Gasteiger partial charge in [0.1, 0.15) is 5.69 Å². The molecule has 2 N–H and O–H groups in total. The van der Waals surface area contributed by atoms with Gasteiger partial charge in [-0.25, -0.2) is 4.79 Å². The summed E-state index contributed by atoms with van der Waals surface area (Å²) in [7, 11) is 3.08. The van der Waals surface area contributed by atoms with Gasteiger partial charge in [-0.15, -0.1) is 0 Å². The molecule has 0 radical (unpaired) electrons. The lowest BCUT2D eigenvalue weighted by atomic mass is 10.2. The zero-order valence-corrected chi connectivity index (χ0v) is 14.8. The summed E-state index contributed by atoms with van der Waals surface area (Å²) in [5.41, 5.74) is 1.00. The maximum atomic E-state index is 12.1. The van der Waals surface area contributed by atoms with Crippen molar-refractivity contribution in [3.8, 4) is 11.5 Å². The number of ether oxygens (including phenoxy) is 3. The van der Waals surface area contributed by atoms with Crippen LogP contribution in [0.25, 0.3) is 0 Å². The molecular weight excluding hydrogens is 348 g/mol. The van der Waals surface area contributed by atoms with Crippen molar-refractivity contribution in [2.24, 2.45) is 0 Å². The zero-order chi connectivity index (χ0) is 18.4. The molecule has 0 aliphatic heterocycles. The van der Waals surface area contributed by atoms with E-state index in [9.17, 15) is 9.59 Å². The van der Waals surface area contributed by atoms with Crippen LogP contribution in [0.1, 0.15) is 23.0 Å². The molecule has 1 amide bonds. The maximum Gasteiger partial charge on any atom is 0.355 e. The number of esters is 1. The van der Waals surface area contributed by atoms with E-state index < -0.39 is 18.0 Å². The summed E-state index contributed by atoms with van der Waals surface area (Å²) in [6.07, 6.45) is 0.509. The Kier molecular flexibility index (Phi) is 6.30. The summed E-state index contributed by atoms with van der Waals surface area (Å²) in [4.78, 5) is 26.6. The van der Waals surface area contributed by atoms with Crippen LogP contribution in [0.15, 0.2) is 30.5 Å². The third-order valence-electron chi connectivity index (χ3n) is 3.44. The van der Waals surface area contributed by atoms with Crippen molar-refractivity contribution in [3.63, 3.8) is 0 Å². The Hall–Kier alpha value is -2.67. The molecule has 0 unspecified atom stereocenters. The van der Waals surface area contributed by atoms with E-state index in [1.165, 1.54) is 26.3 Å². The van der Waals surface area contributed by atoms with Crippen LogP contribution < -0.4 is 14.8 Å². The summed E-state index contributed by atoms with van der Waals surface area (Å²) in [5, 5.41) is 3.09. The molecule has 7 nitrogen and oxygen atoms in total. The number of hydrogen-bond donors (Lipinski definition) is 2. The summed E-state index contributed by atoms with van der Waals surface area (Å²) < 4.78 is 15.5. The van der Waals surface area contributed by atoms with Crippen LogP contribution in [-0.2, 0) is 16.1 Å². The number of aromatic nitrogens is 1. The highest BCUT2D eigenvalue weighted by atomic mass is 35.5. The van der Waals surface area contributed by atoms with E-state index in [2.05, 4.69) is 10.3 Å². The molecule has 1 atom stereocenters. The van der Waals surface area contributed by atoms with Gasteiger partial charge in [0, 0.05) is 12.7 Å². The van der Waals surface area contributed by atoms with Gasteiger partial charge in [-0.3, -0.25) is 4.79 Å². The SMILES string of the molecule is COc1ccc(CNC(=O)[C@H](C)OC(=O)c2cc(Cl)c[nH]2)cc1OC. The second kappa shape index (κ2) is 8.43. The van der Waals surface area contributed by atoms with Gasteiger partial charge in [0.25, 0.3) is 5.91 Å². The van der Waals surface area contributed by atoms with Crippen molar-refractivity contribution in [1.29, 1.82) is 0 Å². The molecule has 0 fully saturated rings. The molecule has 1 heterocycles. The van der Waals surface area contributed by atoms with Gasteiger partial charge < -0.3 is 24.5 Å². The molecule has 25 heavy (non-hydrogen) atoms. The average molecular weight is 367 g/mol. The highest BCUT2D eigenvalue weighted by Gasteiger charge is 2.19. The van der Waals surface area contributed by atoms with Crippen molar-refractivity contribution in [1.82, 2.24) is 10.3 Å². The van der Waals surface area contributed by atoms with Crippen molar-refractivity contribution in [2.45, 2.75) is 19.6 Å². The summed E-state index contributed by atoms with van der Waals surface area (Å²) >= 11 is 5.73. The lowest BCUT2D eigenvalue weighted by Crippen LogP contribution is -2.35. The molecule has 0 saturated carbocycles. The van der Waals surface area contributed by atoms with Gasteiger partial charge in [-0.05, 0) is 30.7 Å². The highest BCUT2D eigenvalue weighted by Crippen LogP contribution is 2.27. The van der Waals surface area contributed by atoms with Crippen LogP contribution in [0, 0.1) is 0 Å².